The van der Waals surface area contributed by atoms with Gasteiger partial charge in [-0.3, -0.25) is 9.79 Å². The molecule has 4 rings (SSSR count). The molecule has 3 nitrogen and oxygen atoms in total. The highest BCUT2D eigenvalue weighted by atomic mass is 16.1. The van der Waals surface area contributed by atoms with Crippen molar-refractivity contribution in [1.82, 2.24) is 0 Å². The number of rotatable bonds is 3. The van der Waals surface area contributed by atoms with Gasteiger partial charge in [0.1, 0.15) is 0 Å². The van der Waals surface area contributed by atoms with E-state index in [4.69, 9.17) is 10.7 Å². The van der Waals surface area contributed by atoms with Crippen molar-refractivity contribution in [3.8, 4) is 0 Å². The fourth-order valence-electron chi connectivity index (χ4n) is 4.96. The van der Waals surface area contributed by atoms with E-state index in [0.29, 0.717) is 5.92 Å². The van der Waals surface area contributed by atoms with Crippen molar-refractivity contribution in [3.05, 3.63) is 48.0 Å². The molecule has 25 heavy (non-hydrogen) atoms. The molecule has 1 amide bonds. The molecule has 0 unspecified atom stereocenters. The summed E-state index contributed by atoms with van der Waals surface area (Å²) in [6.45, 7) is 7.02. The molecule has 0 aliphatic heterocycles. The van der Waals surface area contributed by atoms with Crippen LogP contribution in [0.25, 0.3) is 10.8 Å². The summed E-state index contributed by atoms with van der Waals surface area (Å²) in [4.78, 5) is 17.2. The largest absolute Gasteiger partial charge is 0.368 e. The Morgan fingerprint density at radius 1 is 1.16 bits per heavy atom. The van der Waals surface area contributed by atoms with Crippen molar-refractivity contribution in [2.75, 3.05) is 0 Å². The Bertz CT molecular complexity index is 882. The molecule has 0 saturated heterocycles. The van der Waals surface area contributed by atoms with Crippen molar-refractivity contribution >= 4 is 22.4 Å². The molecule has 0 spiro atoms. The predicted octanol–water partition coefficient (Wildman–Crippen LogP) is 4.65. The fourth-order valence-corrected chi connectivity index (χ4v) is 4.96. The lowest BCUT2D eigenvalue weighted by molar-refractivity contribution is -0.119. The Hall–Kier alpha value is -2.16. The van der Waals surface area contributed by atoms with Gasteiger partial charge < -0.3 is 5.73 Å². The van der Waals surface area contributed by atoms with Gasteiger partial charge in [0, 0.05) is 11.1 Å². The van der Waals surface area contributed by atoms with Crippen LogP contribution in [0.3, 0.4) is 0 Å². The molecule has 0 heterocycles. The summed E-state index contributed by atoms with van der Waals surface area (Å²) in [6.07, 6.45) is 3.42. The van der Waals surface area contributed by atoms with E-state index in [9.17, 15) is 4.79 Å². The number of nitrogens with two attached hydrogens (primary N) is 1. The van der Waals surface area contributed by atoms with Crippen LogP contribution in [0, 0.1) is 16.7 Å². The Balaban J connectivity index is 1.76. The van der Waals surface area contributed by atoms with E-state index in [0.717, 1.165) is 29.2 Å². The molecule has 2 aromatic carbocycles. The van der Waals surface area contributed by atoms with Crippen molar-refractivity contribution in [3.63, 3.8) is 0 Å². The SMILES string of the molecule is CC1(C)[C@@H]2CC[C@@]1(C)C(=N[C@@H](C(N)=O)c1ccc3ccccc3c1)C2. The second kappa shape index (κ2) is 5.42. The number of hydrogen-bond donors (Lipinski definition) is 1. The van der Waals surface area contributed by atoms with Crippen LogP contribution in [0.4, 0.5) is 0 Å². The maximum Gasteiger partial charge on any atom is 0.246 e. The minimum atomic E-state index is -0.591. The molecule has 2 aliphatic rings. The van der Waals surface area contributed by atoms with Gasteiger partial charge in [-0.25, -0.2) is 0 Å². The van der Waals surface area contributed by atoms with E-state index < -0.39 is 6.04 Å². The first-order valence-electron chi connectivity index (χ1n) is 9.18. The van der Waals surface area contributed by atoms with Gasteiger partial charge in [-0.15, -0.1) is 0 Å². The summed E-state index contributed by atoms with van der Waals surface area (Å²) in [5.74, 6) is 0.299. The number of primary amides is 1. The third-order valence-corrected chi connectivity index (χ3v) is 7.16. The van der Waals surface area contributed by atoms with Crippen molar-refractivity contribution < 1.29 is 4.79 Å². The molecule has 130 valence electrons. The van der Waals surface area contributed by atoms with Crippen LogP contribution in [0.1, 0.15) is 51.6 Å². The Morgan fingerprint density at radius 3 is 2.48 bits per heavy atom. The average Bonchev–Trinajstić information content (AvgIpc) is 2.92. The zero-order valence-corrected chi connectivity index (χ0v) is 15.3. The fraction of sp³-hybridized carbons (Fsp3) is 0.455. The number of carbonyl (C=O) groups excluding carboxylic acids is 1. The Labute approximate surface area is 149 Å². The van der Waals surface area contributed by atoms with Gasteiger partial charge in [0.2, 0.25) is 5.91 Å². The van der Waals surface area contributed by atoms with Crippen molar-refractivity contribution in [2.24, 2.45) is 27.5 Å². The molecule has 3 atom stereocenters. The van der Waals surface area contributed by atoms with Crippen molar-refractivity contribution in [1.29, 1.82) is 0 Å². The van der Waals surface area contributed by atoms with Gasteiger partial charge >= 0.3 is 0 Å². The third-order valence-electron chi connectivity index (χ3n) is 7.16. The van der Waals surface area contributed by atoms with E-state index >= 15 is 0 Å². The molecule has 2 aliphatic carbocycles. The summed E-state index contributed by atoms with van der Waals surface area (Å²) < 4.78 is 0. The third kappa shape index (κ3) is 2.32. The van der Waals surface area contributed by atoms with Gasteiger partial charge in [-0.2, -0.15) is 0 Å². The highest BCUT2D eigenvalue weighted by Crippen LogP contribution is 2.64. The standard InChI is InChI=1S/C22H26N2O/c1-21(2)17-10-11-22(21,3)18(13-17)24-19(20(23)25)16-9-8-14-6-4-5-7-15(14)12-16/h4-9,12,17,19H,10-11,13H2,1-3H3,(H2,23,25)/t17-,19-,22+/m1/s1. The normalized spacial score (nSPS) is 30.0. The van der Waals surface area contributed by atoms with E-state index in [-0.39, 0.29) is 16.7 Å². The minimum absolute atomic E-state index is 0.0855. The van der Waals surface area contributed by atoms with Crippen LogP contribution in [0.5, 0.6) is 0 Å². The number of nitrogens with zero attached hydrogens (tertiary/aromatic N) is 1. The molecular weight excluding hydrogens is 308 g/mol. The highest BCUT2D eigenvalue weighted by molar-refractivity contribution is 5.97. The van der Waals surface area contributed by atoms with Gasteiger partial charge in [0.15, 0.2) is 6.04 Å². The van der Waals surface area contributed by atoms with Gasteiger partial charge in [0.05, 0.1) is 0 Å². The number of aliphatic imine (C=N–C) groups is 1. The summed E-state index contributed by atoms with van der Waals surface area (Å²) >= 11 is 0. The van der Waals surface area contributed by atoms with Crippen LogP contribution in [-0.2, 0) is 4.79 Å². The van der Waals surface area contributed by atoms with Crippen LogP contribution < -0.4 is 5.73 Å². The quantitative estimate of drug-likeness (QED) is 0.872. The first-order chi connectivity index (χ1) is 11.8. The number of carbonyl (C=O) groups is 1. The predicted molar refractivity (Wildman–Crippen MR) is 103 cm³/mol. The molecule has 2 fully saturated rings. The van der Waals surface area contributed by atoms with Crippen LogP contribution in [0.15, 0.2) is 47.5 Å². The van der Waals surface area contributed by atoms with Gasteiger partial charge in [0.25, 0.3) is 0 Å². The zero-order chi connectivity index (χ0) is 17.8. The lowest BCUT2D eigenvalue weighted by Crippen LogP contribution is -2.33. The lowest BCUT2D eigenvalue weighted by Gasteiger charge is -2.35. The van der Waals surface area contributed by atoms with Gasteiger partial charge in [-0.05, 0) is 53.0 Å². The van der Waals surface area contributed by atoms with Crippen LogP contribution >= 0.6 is 0 Å². The molecule has 0 radical (unpaired) electrons. The van der Waals surface area contributed by atoms with Crippen LogP contribution in [-0.4, -0.2) is 11.6 Å². The maximum atomic E-state index is 12.2. The first kappa shape index (κ1) is 16.3. The molecule has 0 aromatic heterocycles. The Kier molecular flexibility index (Phi) is 3.54. The van der Waals surface area contributed by atoms with E-state index in [1.165, 1.54) is 12.1 Å². The summed E-state index contributed by atoms with van der Waals surface area (Å²) in [6, 6.07) is 13.7. The topological polar surface area (TPSA) is 55.4 Å². The van der Waals surface area contributed by atoms with Crippen molar-refractivity contribution in [2.45, 2.75) is 46.1 Å². The van der Waals surface area contributed by atoms with E-state index in [1.807, 2.05) is 24.3 Å². The molecule has 2 aromatic rings. The second-order valence-corrected chi connectivity index (χ2v) is 8.48. The molecule has 2 N–H and O–H groups in total. The maximum absolute atomic E-state index is 12.2. The molecular formula is C22H26N2O. The number of hydrogen-bond acceptors (Lipinski definition) is 2. The second-order valence-electron chi connectivity index (χ2n) is 8.48. The summed E-state index contributed by atoms with van der Waals surface area (Å²) in [5, 5.41) is 2.28. The minimum Gasteiger partial charge on any atom is -0.368 e. The lowest BCUT2D eigenvalue weighted by atomic mass is 9.70. The molecule has 2 saturated carbocycles. The highest BCUT2D eigenvalue weighted by Gasteiger charge is 2.59. The molecule has 2 bridgehead atoms. The summed E-state index contributed by atoms with van der Waals surface area (Å²) in [7, 11) is 0. The van der Waals surface area contributed by atoms with E-state index in [1.54, 1.807) is 0 Å². The first-order valence-corrected chi connectivity index (χ1v) is 9.18. The number of fused-ring (bicyclic) bond motifs is 3. The van der Waals surface area contributed by atoms with Crippen LogP contribution in [0.2, 0.25) is 0 Å². The summed E-state index contributed by atoms with van der Waals surface area (Å²) in [5.41, 5.74) is 8.16. The average molecular weight is 334 g/mol. The number of amides is 1. The van der Waals surface area contributed by atoms with E-state index in [2.05, 4.69) is 39.0 Å². The molecule has 3 heteroatoms. The zero-order valence-electron chi connectivity index (χ0n) is 15.3. The Morgan fingerprint density at radius 2 is 1.88 bits per heavy atom. The number of benzene rings is 2. The smallest absolute Gasteiger partial charge is 0.246 e. The van der Waals surface area contributed by atoms with Gasteiger partial charge in [-0.1, -0.05) is 57.2 Å². The monoisotopic (exact) mass is 334 g/mol.